The minimum atomic E-state index is 1.20. The molecule has 0 N–H and O–H groups in total. The van der Waals surface area contributed by atoms with Gasteiger partial charge in [-0.3, -0.25) is 0 Å². The van der Waals surface area contributed by atoms with Gasteiger partial charge in [-0.25, -0.2) is 0 Å². The lowest BCUT2D eigenvalue weighted by molar-refractivity contribution is 0.558. The van der Waals surface area contributed by atoms with Crippen molar-refractivity contribution in [3.8, 4) is 0 Å². The monoisotopic (exact) mass is 378 g/mol. The van der Waals surface area contributed by atoms with E-state index < -0.39 is 0 Å². The molecule has 0 spiro atoms. The molecule has 0 aliphatic rings. The van der Waals surface area contributed by atoms with Gasteiger partial charge in [0.2, 0.25) is 0 Å². The lowest BCUT2D eigenvalue weighted by Crippen LogP contribution is -1.81. The van der Waals surface area contributed by atoms with Crippen molar-refractivity contribution in [2.45, 2.75) is 149 Å². The summed E-state index contributed by atoms with van der Waals surface area (Å²) in [5.41, 5.74) is 0. The van der Waals surface area contributed by atoms with Crippen LogP contribution in [0, 0.1) is 0 Å². The molecule has 0 saturated heterocycles. The molecule has 0 unspecified atom stereocenters. The molecule has 0 nitrogen and oxygen atoms in total. The summed E-state index contributed by atoms with van der Waals surface area (Å²) in [4.78, 5) is 0. The average molecular weight is 379 g/mol. The highest BCUT2D eigenvalue weighted by Crippen LogP contribution is 2.11. The van der Waals surface area contributed by atoms with E-state index >= 15 is 0 Å². The fourth-order valence-corrected chi connectivity index (χ4v) is 3.38. The van der Waals surface area contributed by atoms with Gasteiger partial charge in [0.05, 0.1) is 0 Å². The molecule has 0 bridgehead atoms. The zero-order chi connectivity index (χ0) is 20.3. The van der Waals surface area contributed by atoms with E-state index in [4.69, 9.17) is 0 Å². The minimum absolute atomic E-state index is 1.20. The van der Waals surface area contributed by atoms with Gasteiger partial charge in [-0.05, 0) is 25.7 Å². The predicted molar refractivity (Wildman–Crippen MR) is 129 cm³/mol. The second-order valence-corrected chi connectivity index (χ2v) is 8.17. The molecule has 0 rings (SSSR count). The highest BCUT2D eigenvalue weighted by molar-refractivity contribution is 4.65. The maximum absolute atomic E-state index is 3.74. The van der Waals surface area contributed by atoms with Gasteiger partial charge in [-0.2, -0.15) is 0 Å². The van der Waals surface area contributed by atoms with Crippen LogP contribution in [0.2, 0.25) is 0 Å². The van der Waals surface area contributed by atoms with E-state index in [1.807, 2.05) is 12.2 Å². The average Bonchev–Trinajstić information content (AvgIpc) is 2.69. The van der Waals surface area contributed by atoms with Crippen molar-refractivity contribution < 1.29 is 0 Å². The number of rotatable bonds is 21. The molecular weight excluding hydrogens is 324 g/mol. The Balaban J connectivity index is 0. The first-order valence-corrected chi connectivity index (χ1v) is 12.5. The summed E-state index contributed by atoms with van der Waals surface area (Å²) in [6.07, 6.45) is 33.5. The Bertz CT molecular complexity index is 253. The highest BCUT2D eigenvalue weighted by atomic mass is 14.0. The van der Waals surface area contributed by atoms with Gasteiger partial charge >= 0.3 is 0 Å². The van der Waals surface area contributed by atoms with Gasteiger partial charge in [-0.15, -0.1) is 13.2 Å². The van der Waals surface area contributed by atoms with Crippen LogP contribution in [-0.4, -0.2) is 0 Å². The van der Waals surface area contributed by atoms with E-state index in [0.717, 1.165) is 0 Å². The second kappa shape index (κ2) is 30.2. The van der Waals surface area contributed by atoms with Crippen molar-refractivity contribution in [3.05, 3.63) is 25.3 Å². The van der Waals surface area contributed by atoms with Gasteiger partial charge in [0.15, 0.2) is 0 Å². The lowest BCUT2D eigenvalue weighted by atomic mass is 10.1. The van der Waals surface area contributed by atoms with E-state index in [2.05, 4.69) is 27.0 Å². The molecule has 0 amide bonds. The van der Waals surface area contributed by atoms with Crippen molar-refractivity contribution in [3.63, 3.8) is 0 Å². The van der Waals surface area contributed by atoms with Crippen LogP contribution < -0.4 is 0 Å². The Labute approximate surface area is 174 Å². The molecular formula is C27H54. The van der Waals surface area contributed by atoms with Crippen molar-refractivity contribution in [2.75, 3.05) is 0 Å². The first kappa shape index (κ1) is 28.7. The van der Waals surface area contributed by atoms with Crippen molar-refractivity contribution in [1.82, 2.24) is 0 Å². The quantitative estimate of drug-likeness (QED) is 0.137. The van der Waals surface area contributed by atoms with Gasteiger partial charge in [-0.1, -0.05) is 135 Å². The molecule has 0 aliphatic carbocycles. The molecule has 0 heterocycles. The van der Waals surface area contributed by atoms with Crippen molar-refractivity contribution in [1.29, 1.82) is 0 Å². The molecule has 0 fully saturated rings. The standard InChI is InChI=1S/C14H28.C13H26/c1-3-5-7-9-11-13-14-12-10-8-6-4-2;1-3-5-7-9-11-13-12-10-8-6-4-2/h3H,1,4-14H2,2H3;3H,1,4-13H2,2H3. The van der Waals surface area contributed by atoms with Crippen LogP contribution >= 0.6 is 0 Å². The second-order valence-electron chi connectivity index (χ2n) is 8.17. The van der Waals surface area contributed by atoms with Crippen LogP contribution in [0.25, 0.3) is 0 Å². The maximum Gasteiger partial charge on any atom is -0.0353 e. The third kappa shape index (κ3) is 33.5. The van der Waals surface area contributed by atoms with Gasteiger partial charge < -0.3 is 0 Å². The summed E-state index contributed by atoms with van der Waals surface area (Å²) >= 11 is 0. The number of hydrogen-bond donors (Lipinski definition) is 0. The molecule has 0 heteroatoms. The number of hydrogen-bond acceptors (Lipinski definition) is 0. The maximum atomic E-state index is 3.74. The molecule has 0 saturated carbocycles. The topological polar surface area (TPSA) is 0 Å². The molecule has 0 aliphatic heterocycles. The minimum Gasteiger partial charge on any atom is -0.103 e. The molecule has 0 aromatic heterocycles. The SMILES string of the molecule is C=CCCCCCCCCCCC.C=CCCCCCCCCCCCC. The molecule has 27 heavy (non-hydrogen) atoms. The van der Waals surface area contributed by atoms with Crippen molar-refractivity contribution in [2.24, 2.45) is 0 Å². The van der Waals surface area contributed by atoms with Crippen LogP contribution in [0.1, 0.15) is 149 Å². The summed E-state index contributed by atoms with van der Waals surface area (Å²) in [5.74, 6) is 0. The highest BCUT2D eigenvalue weighted by Gasteiger charge is 1.92. The smallest absolute Gasteiger partial charge is 0.0353 e. The summed E-state index contributed by atoms with van der Waals surface area (Å²) in [6.45, 7) is 12.0. The Hall–Kier alpha value is -0.520. The predicted octanol–water partition coefficient (Wildman–Crippen LogP) is 10.6. The van der Waals surface area contributed by atoms with E-state index in [1.165, 1.54) is 135 Å². The summed E-state index contributed by atoms with van der Waals surface area (Å²) in [5, 5.41) is 0. The summed E-state index contributed by atoms with van der Waals surface area (Å²) < 4.78 is 0. The van der Waals surface area contributed by atoms with Crippen molar-refractivity contribution >= 4 is 0 Å². The van der Waals surface area contributed by atoms with Gasteiger partial charge in [0.25, 0.3) is 0 Å². The van der Waals surface area contributed by atoms with Crippen LogP contribution in [0.3, 0.4) is 0 Å². The number of allylic oxidation sites excluding steroid dienone is 2. The van der Waals surface area contributed by atoms with Gasteiger partial charge in [0.1, 0.15) is 0 Å². The van der Waals surface area contributed by atoms with Crippen LogP contribution in [0.15, 0.2) is 25.3 Å². The Morgan fingerprint density at radius 2 is 0.593 bits per heavy atom. The van der Waals surface area contributed by atoms with E-state index in [-0.39, 0.29) is 0 Å². The summed E-state index contributed by atoms with van der Waals surface area (Å²) in [7, 11) is 0. The normalized spacial score (nSPS) is 10.3. The van der Waals surface area contributed by atoms with Crippen LogP contribution in [0.5, 0.6) is 0 Å². The Morgan fingerprint density at radius 3 is 0.815 bits per heavy atom. The molecule has 162 valence electrons. The Morgan fingerprint density at radius 1 is 0.370 bits per heavy atom. The summed E-state index contributed by atoms with van der Waals surface area (Å²) in [6, 6.07) is 0. The zero-order valence-electron chi connectivity index (χ0n) is 19.4. The molecule has 0 atom stereocenters. The first-order chi connectivity index (χ1) is 13.3. The molecule has 0 radical (unpaired) electrons. The molecule has 0 aromatic carbocycles. The third-order valence-corrected chi connectivity index (χ3v) is 5.27. The third-order valence-electron chi connectivity index (χ3n) is 5.27. The zero-order valence-corrected chi connectivity index (χ0v) is 19.4. The Kier molecular flexibility index (Phi) is 32.1. The first-order valence-electron chi connectivity index (χ1n) is 12.5. The van der Waals surface area contributed by atoms with Crippen LogP contribution in [-0.2, 0) is 0 Å². The molecule has 0 aromatic rings. The van der Waals surface area contributed by atoms with E-state index in [9.17, 15) is 0 Å². The van der Waals surface area contributed by atoms with E-state index in [1.54, 1.807) is 0 Å². The van der Waals surface area contributed by atoms with E-state index in [0.29, 0.717) is 0 Å². The number of unbranched alkanes of at least 4 members (excludes halogenated alkanes) is 19. The fraction of sp³-hybridized carbons (Fsp3) is 0.852. The van der Waals surface area contributed by atoms with Gasteiger partial charge in [0, 0.05) is 0 Å². The lowest BCUT2D eigenvalue weighted by Gasteiger charge is -2.00. The fourth-order valence-electron chi connectivity index (χ4n) is 3.38. The van der Waals surface area contributed by atoms with Crippen LogP contribution in [0.4, 0.5) is 0 Å². The largest absolute Gasteiger partial charge is 0.103 e.